The van der Waals surface area contributed by atoms with Gasteiger partial charge in [-0.3, -0.25) is 13.8 Å². The summed E-state index contributed by atoms with van der Waals surface area (Å²) in [6.45, 7) is 0. The maximum absolute atomic E-state index is 12.5. The fraction of sp³-hybridized carbons (Fsp3) is 0.125. The van der Waals surface area contributed by atoms with Gasteiger partial charge in [0.05, 0.1) is 27.8 Å². The summed E-state index contributed by atoms with van der Waals surface area (Å²) in [5.74, 6) is -0.723. The van der Waals surface area contributed by atoms with Crippen LogP contribution < -0.4 is 10.6 Å². The van der Waals surface area contributed by atoms with Crippen LogP contribution in [0.15, 0.2) is 59.5 Å². The molecule has 2 N–H and O–H groups in total. The first-order valence-corrected chi connectivity index (χ1v) is 8.02. The Morgan fingerprint density at radius 1 is 1.09 bits per heavy atom. The van der Waals surface area contributed by atoms with Crippen LogP contribution in [0.4, 0.5) is 11.4 Å². The second-order valence-electron chi connectivity index (χ2n) is 4.89. The zero-order chi connectivity index (χ0) is 15.5. The average molecular weight is 314 g/mol. The van der Waals surface area contributed by atoms with E-state index in [1.54, 1.807) is 48.5 Å². The van der Waals surface area contributed by atoms with Gasteiger partial charge < -0.3 is 10.6 Å². The summed E-state index contributed by atoms with van der Waals surface area (Å²) in [6, 6.07) is 15.9. The highest BCUT2D eigenvalue weighted by molar-refractivity contribution is 7.86. The number of carbonyl (C=O) groups is 2. The van der Waals surface area contributed by atoms with Crippen molar-refractivity contribution in [1.29, 1.82) is 0 Å². The molecule has 0 radical (unpaired) electrons. The molecule has 0 fully saturated rings. The van der Waals surface area contributed by atoms with Gasteiger partial charge in [0, 0.05) is 5.69 Å². The molecular formula is C16H14N2O3S. The topological polar surface area (TPSA) is 75.3 Å². The molecule has 5 nitrogen and oxygen atoms in total. The number of rotatable bonds is 3. The minimum Gasteiger partial charge on any atom is -0.326 e. The Bertz CT molecular complexity index is 746. The van der Waals surface area contributed by atoms with Crippen molar-refractivity contribution in [2.24, 2.45) is 0 Å². The molecular weight excluding hydrogens is 300 g/mol. The van der Waals surface area contributed by atoms with Gasteiger partial charge in [-0.05, 0) is 24.3 Å². The van der Waals surface area contributed by atoms with E-state index in [4.69, 9.17) is 0 Å². The van der Waals surface area contributed by atoms with Gasteiger partial charge in [-0.15, -0.1) is 0 Å². The lowest BCUT2D eigenvalue weighted by Gasteiger charge is -2.23. The first-order valence-electron chi connectivity index (χ1n) is 6.80. The number of benzene rings is 2. The summed E-state index contributed by atoms with van der Waals surface area (Å²) in [5.41, 5.74) is 1.19. The first kappa shape index (κ1) is 14.5. The Morgan fingerprint density at radius 3 is 2.55 bits per heavy atom. The molecule has 0 saturated carbocycles. The largest absolute Gasteiger partial charge is 0.326 e. The van der Waals surface area contributed by atoms with Gasteiger partial charge in [0.15, 0.2) is 0 Å². The van der Waals surface area contributed by atoms with Crippen LogP contribution in [0.3, 0.4) is 0 Å². The van der Waals surface area contributed by atoms with Crippen molar-refractivity contribution in [2.75, 3.05) is 10.6 Å². The third kappa shape index (κ3) is 2.92. The van der Waals surface area contributed by atoms with Gasteiger partial charge in [0.1, 0.15) is 5.25 Å². The molecule has 22 heavy (non-hydrogen) atoms. The lowest BCUT2D eigenvalue weighted by molar-refractivity contribution is -0.120. The van der Waals surface area contributed by atoms with Crippen LogP contribution in [0.2, 0.25) is 0 Å². The molecule has 0 aliphatic carbocycles. The Labute approximate surface area is 130 Å². The molecule has 1 heterocycles. The second-order valence-corrected chi connectivity index (χ2v) is 6.49. The van der Waals surface area contributed by atoms with E-state index >= 15 is 0 Å². The number of amides is 2. The van der Waals surface area contributed by atoms with Crippen molar-refractivity contribution in [2.45, 2.75) is 16.6 Å². The highest BCUT2D eigenvalue weighted by Crippen LogP contribution is 2.28. The summed E-state index contributed by atoms with van der Waals surface area (Å²) >= 11 is 0. The fourth-order valence-corrected chi connectivity index (χ4v) is 3.69. The van der Waals surface area contributed by atoms with Gasteiger partial charge in [-0.2, -0.15) is 0 Å². The van der Waals surface area contributed by atoms with Gasteiger partial charge in [-0.25, -0.2) is 0 Å². The minimum absolute atomic E-state index is 0.123. The number of para-hydroxylation sites is 2. The summed E-state index contributed by atoms with van der Waals surface area (Å²) in [4.78, 5) is 24.7. The van der Waals surface area contributed by atoms with Gasteiger partial charge in [-0.1, -0.05) is 30.3 Å². The molecule has 0 bridgehead atoms. The van der Waals surface area contributed by atoms with Crippen LogP contribution in [-0.2, 0) is 20.4 Å². The summed E-state index contributed by atoms with van der Waals surface area (Å²) in [6.07, 6.45) is -0.123. The SMILES string of the molecule is O=C(C[C@H]1C(=O)Nc2ccccc2[S@@]1=O)Nc1ccccc1. The quantitative estimate of drug-likeness (QED) is 0.911. The lowest BCUT2D eigenvalue weighted by Crippen LogP contribution is -2.39. The van der Waals surface area contributed by atoms with Crippen molar-refractivity contribution >= 4 is 34.0 Å². The Kier molecular flexibility index (Phi) is 4.02. The maximum Gasteiger partial charge on any atom is 0.241 e. The Morgan fingerprint density at radius 2 is 1.77 bits per heavy atom. The van der Waals surface area contributed by atoms with E-state index in [9.17, 15) is 13.8 Å². The molecule has 2 amide bonds. The van der Waals surface area contributed by atoms with Crippen molar-refractivity contribution in [1.82, 2.24) is 0 Å². The normalized spacial score (nSPS) is 19.9. The molecule has 2 aromatic rings. The Balaban J connectivity index is 1.74. The van der Waals surface area contributed by atoms with E-state index in [0.29, 0.717) is 16.3 Å². The van der Waals surface area contributed by atoms with E-state index < -0.39 is 16.0 Å². The first-order chi connectivity index (χ1) is 10.6. The number of anilines is 2. The molecule has 2 atom stereocenters. The number of hydrogen-bond donors (Lipinski definition) is 2. The summed E-state index contributed by atoms with van der Waals surface area (Å²) < 4.78 is 12.5. The zero-order valence-electron chi connectivity index (χ0n) is 11.6. The lowest BCUT2D eigenvalue weighted by atomic mass is 10.2. The number of carbonyl (C=O) groups excluding carboxylic acids is 2. The van der Waals surface area contributed by atoms with E-state index in [0.717, 1.165) is 0 Å². The number of nitrogens with one attached hydrogen (secondary N) is 2. The van der Waals surface area contributed by atoms with E-state index in [-0.39, 0.29) is 18.2 Å². The molecule has 0 saturated heterocycles. The molecule has 1 aliphatic rings. The molecule has 6 heteroatoms. The third-order valence-corrected chi connectivity index (χ3v) is 5.03. The highest BCUT2D eigenvalue weighted by atomic mass is 32.2. The standard InChI is InChI=1S/C16H14N2O3S/c19-15(17-11-6-2-1-3-7-11)10-14-16(20)18-12-8-4-5-9-13(12)22(14)21/h1-9,14H,10H2,(H,17,19)(H,18,20)/t14-,22-/m0/s1. The number of fused-ring (bicyclic) bond motifs is 1. The average Bonchev–Trinajstić information content (AvgIpc) is 2.52. The molecule has 2 aromatic carbocycles. The van der Waals surface area contributed by atoms with Crippen molar-refractivity contribution in [3.05, 3.63) is 54.6 Å². The maximum atomic E-state index is 12.5. The van der Waals surface area contributed by atoms with E-state index in [1.807, 2.05) is 6.07 Å². The molecule has 112 valence electrons. The van der Waals surface area contributed by atoms with Crippen LogP contribution in [0.5, 0.6) is 0 Å². The molecule has 0 spiro atoms. The smallest absolute Gasteiger partial charge is 0.241 e. The van der Waals surface area contributed by atoms with E-state index in [2.05, 4.69) is 10.6 Å². The van der Waals surface area contributed by atoms with Crippen LogP contribution in [0.1, 0.15) is 6.42 Å². The van der Waals surface area contributed by atoms with Gasteiger partial charge in [0.25, 0.3) is 0 Å². The number of hydrogen-bond acceptors (Lipinski definition) is 3. The molecule has 0 unspecified atom stereocenters. The van der Waals surface area contributed by atoms with Crippen molar-refractivity contribution < 1.29 is 13.8 Å². The predicted molar refractivity (Wildman–Crippen MR) is 85.0 cm³/mol. The third-order valence-electron chi connectivity index (χ3n) is 3.34. The molecule has 1 aliphatic heterocycles. The van der Waals surface area contributed by atoms with Crippen LogP contribution in [0.25, 0.3) is 0 Å². The van der Waals surface area contributed by atoms with Gasteiger partial charge in [0.2, 0.25) is 11.8 Å². The van der Waals surface area contributed by atoms with Gasteiger partial charge >= 0.3 is 0 Å². The fourth-order valence-electron chi connectivity index (χ4n) is 2.28. The Hall–Kier alpha value is -2.47. The monoisotopic (exact) mass is 314 g/mol. The second kappa shape index (κ2) is 6.11. The minimum atomic E-state index is -1.53. The molecule has 0 aromatic heterocycles. The van der Waals surface area contributed by atoms with Crippen LogP contribution >= 0.6 is 0 Å². The summed E-state index contributed by atoms with van der Waals surface area (Å²) in [5, 5.41) is 4.52. The van der Waals surface area contributed by atoms with Crippen LogP contribution in [0, 0.1) is 0 Å². The molecule has 3 rings (SSSR count). The van der Waals surface area contributed by atoms with Crippen LogP contribution in [-0.4, -0.2) is 21.3 Å². The van der Waals surface area contributed by atoms with Crippen molar-refractivity contribution in [3.8, 4) is 0 Å². The highest BCUT2D eigenvalue weighted by Gasteiger charge is 2.34. The van der Waals surface area contributed by atoms with E-state index in [1.165, 1.54) is 0 Å². The predicted octanol–water partition coefficient (Wildman–Crippen LogP) is 2.14. The zero-order valence-corrected chi connectivity index (χ0v) is 12.4. The van der Waals surface area contributed by atoms with Crippen molar-refractivity contribution in [3.63, 3.8) is 0 Å². The summed E-state index contributed by atoms with van der Waals surface area (Å²) in [7, 11) is -1.53.